The van der Waals surface area contributed by atoms with Gasteiger partial charge in [0.2, 0.25) is 0 Å². The van der Waals surface area contributed by atoms with Crippen molar-refractivity contribution in [3.05, 3.63) is 65.1 Å². The van der Waals surface area contributed by atoms with Crippen LogP contribution in [0.4, 0.5) is 0 Å². The normalized spacial score (nSPS) is 14.3. The summed E-state index contributed by atoms with van der Waals surface area (Å²) < 4.78 is 17.9. The SMILES string of the molecule is COC(=O)c1cc(CN(CC2CC2)C(=O)c2ccc(OC)c(OC)c2)cc(-c2cn3c(n2)CCC3)c1. The van der Waals surface area contributed by atoms with Gasteiger partial charge in [-0.15, -0.1) is 0 Å². The highest BCUT2D eigenvalue weighted by Gasteiger charge is 2.28. The topological polar surface area (TPSA) is 82.9 Å². The summed E-state index contributed by atoms with van der Waals surface area (Å²) in [6.45, 7) is 1.99. The van der Waals surface area contributed by atoms with Gasteiger partial charge >= 0.3 is 5.97 Å². The van der Waals surface area contributed by atoms with Crippen molar-refractivity contribution in [3.8, 4) is 22.8 Å². The van der Waals surface area contributed by atoms with Gasteiger partial charge in [0.15, 0.2) is 11.5 Å². The minimum atomic E-state index is -0.412. The predicted molar refractivity (Wildman–Crippen MR) is 134 cm³/mol. The molecule has 2 aliphatic rings. The number of methoxy groups -OCH3 is 3. The number of imidazole rings is 1. The number of hydrogen-bond donors (Lipinski definition) is 0. The number of hydrogen-bond acceptors (Lipinski definition) is 6. The lowest BCUT2D eigenvalue weighted by Crippen LogP contribution is -2.32. The van der Waals surface area contributed by atoms with Gasteiger partial charge in [-0.25, -0.2) is 9.78 Å². The van der Waals surface area contributed by atoms with Crippen LogP contribution in [0.1, 0.15) is 51.4 Å². The van der Waals surface area contributed by atoms with Crippen molar-refractivity contribution in [1.82, 2.24) is 14.5 Å². The summed E-state index contributed by atoms with van der Waals surface area (Å²) in [6, 6.07) is 10.9. The first kappa shape index (κ1) is 23.9. The highest BCUT2D eigenvalue weighted by Crippen LogP contribution is 2.33. The summed E-state index contributed by atoms with van der Waals surface area (Å²) in [7, 11) is 4.50. The van der Waals surface area contributed by atoms with Crippen molar-refractivity contribution in [1.29, 1.82) is 0 Å². The third-order valence-corrected chi connectivity index (χ3v) is 6.83. The van der Waals surface area contributed by atoms with Gasteiger partial charge in [0.05, 0.1) is 32.6 Å². The van der Waals surface area contributed by atoms with E-state index in [1.165, 1.54) is 7.11 Å². The van der Waals surface area contributed by atoms with E-state index in [9.17, 15) is 9.59 Å². The number of ether oxygens (including phenoxy) is 3. The lowest BCUT2D eigenvalue weighted by atomic mass is 10.0. The van der Waals surface area contributed by atoms with Crippen LogP contribution in [-0.4, -0.2) is 54.2 Å². The molecule has 3 aromatic rings. The molecule has 8 nitrogen and oxygen atoms in total. The molecular weight excluding hydrogens is 458 g/mol. The number of aryl methyl sites for hydroxylation is 2. The van der Waals surface area contributed by atoms with Crippen molar-refractivity contribution >= 4 is 11.9 Å². The van der Waals surface area contributed by atoms with E-state index in [0.29, 0.717) is 41.6 Å². The van der Waals surface area contributed by atoms with Gasteiger partial charge in [0, 0.05) is 43.4 Å². The van der Waals surface area contributed by atoms with Crippen molar-refractivity contribution in [3.63, 3.8) is 0 Å². The third kappa shape index (κ3) is 4.94. The summed E-state index contributed by atoms with van der Waals surface area (Å²) in [5, 5.41) is 0. The number of fused-ring (bicyclic) bond motifs is 1. The molecular formula is C28H31N3O5. The van der Waals surface area contributed by atoms with E-state index < -0.39 is 5.97 Å². The summed E-state index contributed by atoms with van der Waals surface area (Å²) in [5.74, 6) is 2.14. The zero-order valence-electron chi connectivity index (χ0n) is 21.0. The third-order valence-electron chi connectivity index (χ3n) is 6.83. The Balaban J connectivity index is 1.48. The Kier molecular flexibility index (Phi) is 6.67. The molecule has 0 spiro atoms. The van der Waals surface area contributed by atoms with Crippen molar-refractivity contribution in [2.75, 3.05) is 27.9 Å². The monoisotopic (exact) mass is 489 g/mol. The highest BCUT2D eigenvalue weighted by atomic mass is 16.5. The first-order valence-electron chi connectivity index (χ1n) is 12.3. The molecule has 2 heterocycles. The maximum atomic E-state index is 13.6. The molecule has 0 saturated heterocycles. The fraction of sp³-hybridized carbons (Fsp3) is 0.393. The molecule has 1 amide bonds. The molecule has 1 aliphatic heterocycles. The molecule has 1 fully saturated rings. The summed E-state index contributed by atoms with van der Waals surface area (Å²) in [5.41, 5.74) is 3.51. The molecule has 5 rings (SSSR count). The Labute approximate surface area is 210 Å². The average molecular weight is 490 g/mol. The summed E-state index contributed by atoms with van der Waals surface area (Å²) in [6.07, 6.45) is 6.33. The van der Waals surface area contributed by atoms with Crippen molar-refractivity contribution in [2.45, 2.75) is 38.8 Å². The van der Waals surface area contributed by atoms with Crippen molar-refractivity contribution < 1.29 is 23.8 Å². The maximum absolute atomic E-state index is 13.6. The van der Waals surface area contributed by atoms with Gasteiger partial charge in [-0.1, -0.05) is 0 Å². The molecule has 1 aromatic heterocycles. The lowest BCUT2D eigenvalue weighted by Gasteiger charge is -2.24. The molecule has 1 aliphatic carbocycles. The number of rotatable bonds is 9. The Morgan fingerprint density at radius 1 is 1.03 bits per heavy atom. The Morgan fingerprint density at radius 3 is 2.53 bits per heavy atom. The van der Waals surface area contributed by atoms with E-state index in [-0.39, 0.29) is 5.91 Å². The molecule has 0 atom stereocenters. The van der Waals surface area contributed by atoms with E-state index >= 15 is 0 Å². The molecule has 1 saturated carbocycles. The van der Waals surface area contributed by atoms with Crippen LogP contribution in [0.2, 0.25) is 0 Å². The van der Waals surface area contributed by atoms with E-state index in [0.717, 1.165) is 54.9 Å². The lowest BCUT2D eigenvalue weighted by molar-refractivity contribution is 0.0600. The van der Waals surface area contributed by atoms with E-state index in [4.69, 9.17) is 19.2 Å². The van der Waals surface area contributed by atoms with E-state index in [1.54, 1.807) is 38.5 Å². The van der Waals surface area contributed by atoms with Gasteiger partial charge in [-0.2, -0.15) is 0 Å². The Bertz CT molecular complexity index is 1270. The predicted octanol–water partition coefficient (Wildman–Crippen LogP) is 4.35. The first-order valence-corrected chi connectivity index (χ1v) is 12.3. The van der Waals surface area contributed by atoms with E-state index in [2.05, 4.69) is 4.57 Å². The van der Waals surface area contributed by atoms with Gasteiger partial charge in [-0.3, -0.25) is 4.79 Å². The molecule has 8 heteroatoms. The van der Waals surface area contributed by atoms with Crippen LogP contribution < -0.4 is 9.47 Å². The quantitative estimate of drug-likeness (QED) is 0.416. The molecule has 0 unspecified atom stereocenters. The van der Waals surface area contributed by atoms with Crippen LogP contribution in [0.5, 0.6) is 11.5 Å². The second kappa shape index (κ2) is 10.0. The number of esters is 1. The molecule has 0 bridgehead atoms. The molecule has 0 N–H and O–H groups in total. The summed E-state index contributed by atoms with van der Waals surface area (Å²) in [4.78, 5) is 32.8. The zero-order chi connectivity index (χ0) is 25.2. The first-order chi connectivity index (χ1) is 17.5. The Hall–Kier alpha value is -3.81. The molecule has 2 aromatic carbocycles. The van der Waals surface area contributed by atoms with Gasteiger partial charge in [0.25, 0.3) is 5.91 Å². The largest absolute Gasteiger partial charge is 0.493 e. The standard InChI is InChI=1S/C28H31N3O5/c1-34-24-9-8-20(14-25(24)35-2)27(32)31(15-18-6-7-18)16-19-11-21(13-22(12-19)28(33)36-3)23-17-30-10-4-5-26(30)29-23/h8-9,11-14,17-18H,4-7,10,15-16H2,1-3H3. The van der Waals surface area contributed by atoms with Gasteiger partial charge < -0.3 is 23.7 Å². The maximum Gasteiger partial charge on any atom is 0.337 e. The van der Waals surface area contributed by atoms with Gasteiger partial charge in [0.1, 0.15) is 5.82 Å². The number of amides is 1. The molecule has 188 valence electrons. The van der Waals surface area contributed by atoms with Crippen LogP contribution in [0.3, 0.4) is 0 Å². The average Bonchev–Trinajstić information content (AvgIpc) is 3.46. The minimum absolute atomic E-state index is 0.0890. The van der Waals surface area contributed by atoms with Crippen LogP contribution >= 0.6 is 0 Å². The fourth-order valence-corrected chi connectivity index (χ4v) is 4.76. The number of carbonyl (C=O) groups excluding carboxylic acids is 2. The van der Waals surface area contributed by atoms with E-state index in [1.807, 2.05) is 23.2 Å². The number of benzene rings is 2. The fourth-order valence-electron chi connectivity index (χ4n) is 4.76. The van der Waals surface area contributed by atoms with Crippen LogP contribution in [0, 0.1) is 5.92 Å². The number of nitrogens with zero attached hydrogens (tertiary/aromatic N) is 3. The smallest absolute Gasteiger partial charge is 0.337 e. The second-order valence-corrected chi connectivity index (χ2v) is 9.45. The van der Waals surface area contributed by atoms with Crippen LogP contribution in [-0.2, 0) is 24.2 Å². The van der Waals surface area contributed by atoms with Crippen molar-refractivity contribution in [2.24, 2.45) is 5.92 Å². The minimum Gasteiger partial charge on any atom is -0.493 e. The Morgan fingerprint density at radius 2 is 1.83 bits per heavy atom. The molecule has 36 heavy (non-hydrogen) atoms. The highest BCUT2D eigenvalue weighted by molar-refractivity contribution is 5.95. The second-order valence-electron chi connectivity index (χ2n) is 9.45. The number of aromatic nitrogens is 2. The van der Waals surface area contributed by atoms with Crippen LogP contribution in [0.25, 0.3) is 11.3 Å². The molecule has 0 radical (unpaired) electrons. The van der Waals surface area contributed by atoms with Crippen LogP contribution in [0.15, 0.2) is 42.6 Å². The summed E-state index contributed by atoms with van der Waals surface area (Å²) >= 11 is 0. The van der Waals surface area contributed by atoms with Gasteiger partial charge in [-0.05, 0) is 67.1 Å². The zero-order valence-corrected chi connectivity index (χ0v) is 21.0. The number of carbonyl (C=O) groups is 2.